The van der Waals surface area contributed by atoms with E-state index in [4.69, 9.17) is 5.14 Å². The molecule has 10 heteroatoms. The molecule has 0 aliphatic heterocycles. The summed E-state index contributed by atoms with van der Waals surface area (Å²) in [6.45, 7) is -3.34. The zero-order valence-electron chi connectivity index (χ0n) is 10.5. The lowest BCUT2D eigenvalue weighted by Gasteiger charge is -2.09. The predicted molar refractivity (Wildman–Crippen MR) is 71.2 cm³/mol. The Balaban J connectivity index is 2.69. The number of nitrogens with zero attached hydrogens (tertiary/aromatic N) is 2. The van der Waals surface area contributed by atoms with Gasteiger partial charge in [0.2, 0.25) is 10.0 Å². The molecular weight excluding hydrogens is 327 g/mol. The standard InChI is InChI=1S/C11H10F3N3O2S2/c12-3-7-8(4-13)16-10(17-9(7)5-14)6-1-2-20-11(6)21(15,18)19/h1-2H,3-5H2,(H2,15,18,19). The third kappa shape index (κ3) is 3.06. The molecule has 2 N–H and O–H groups in total. The second-order valence-corrected chi connectivity index (χ2v) is 6.66. The van der Waals surface area contributed by atoms with Crippen LogP contribution in [-0.4, -0.2) is 18.4 Å². The van der Waals surface area contributed by atoms with E-state index in [2.05, 4.69) is 9.97 Å². The molecule has 2 aromatic heterocycles. The number of hydrogen-bond donors (Lipinski definition) is 1. The summed E-state index contributed by atoms with van der Waals surface area (Å²) in [6, 6.07) is 1.37. The molecule has 0 aliphatic carbocycles. The number of sulfonamides is 1. The number of nitrogens with two attached hydrogens (primary N) is 1. The summed E-state index contributed by atoms with van der Waals surface area (Å²) in [7, 11) is -4.02. The van der Waals surface area contributed by atoms with Gasteiger partial charge in [-0.2, -0.15) is 0 Å². The fourth-order valence-electron chi connectivity index (χ4n) is 1.76. The van der Waals surface area contributed by atoms with Crippen molar-refractivity contribution in [3.63, 3.8) is 0 Å². The maximum atomic E-state index is 12.9. The van der Waals surface area contributed by atoms with E-state index in [-0.39, 0.29) is 32.5 Å². The zero-order valence-corrected chi connectivity index (χ0v) is 12.1. The van der Waals surface area contributed by atoms with E-state index in [0.29, 0.717) is 0 Å². The Kier molecular flexibility index (Phi) is 4.59. The summed E-state index contributed by atoms with van der Waals surface area (Å²) < 4.78 is 61.4. The first kappa shape index (κ1) is 15.9. The molecule has 0 spiro atoms. The van der Waals surface area contributed by atoms with Crippen LogP contribution in [-0.2, 0) is 30.0 Å². The summed E-state index contributed by atoms with van der Waals surface area (Å²) in [5.41, 5.74) is -0.822. The molecule has 0 aliphatic rings. The highest BCUT2D eigenvalue weighted by Gasteiger charge is 2.22. The molecule has 0 atom stereocenters. The molecule has 21 heavy (non-hydrogen) atoms. The van der Waals surface area contributed by atoms with E-state index >= 15 is 0 Å². The molecule has 2 rings (SSSR count). The third-order valence-corrected chi connectivity index (χ3v) is 5.12. The minimum absolute atomic E-state index is 0.0392. The van der Waals surface area contributed by atoms with Gasteiger partial charge in [-0.05, 0) is 11.4 Å². The fraction of sp³-hybridized carbons (Fsp3) is 0.273. The summed E-state index contributed by atoms with van der Waals surface area (Å²) >= 11 is 0.834. The molecular formula is C11H10F3N3O2S2. The highest BCUT2D eigenvalue weighted by molar-refractivity contribution is 7.91. The van der Waals surface area contributed by atoms with Crippen molar-refractivity contribution in [2.45, 2.75) is 24.2 Å². The first-order chi connectivity index (χ1) is 9.92. The predicted octanol–water partition coefficient (Wildman–Crippen LogP) is 2.26. The van der Waals surface area contributed by atoms with Crippen LogP contribution in [0.5, 0.6) is 0 Å². The minimum atomic E-state index is -4.02. The molecule has 0 fully saturated rings. The molecule has 0 saturated carbocycles. The van der Waals surface area contributed by atoms with Crippen molar-refractivity contribution in [1.82, 2.24) is 9.97 Å². The number of rotatable bonds is 5. The Morgan fingerprint density at radius 3 is 2.10 bits per heavy atom. The Morgan fingerprint density at radius 2 is 1.67 bits per heavy atom. The van der Waals surface area contributed by atoms with Crippen molar-refractivity contribution >= 4 is 21.4 Å². The van der Waals surface area contributed by atoms with E-state index < -0.39 is 30.0 Å². The smallest absolute Gasteiger partial charge is 0.246 e. The van der Waals surface area contributed by atoms with Gasteiger partial charge in [0.15, 0.2) is 5.82 Å². The van der Waals surface area contributed by atoms with E-state index in [1.165, 1.54) is 11.4 Å². The lowest BCUT2D eigenvalue weighted by atomic mass is 10.1. The fourth-order valence-corrected chi connectivity index (χ4v) is 3.54. The number of alkyl halides is 3. The summed E-state index contributed by atoms with van der Waals surface area (Å²) in [4.78, 5) is 7.56. The molecule has 0 unspecified atom stereocenters. The first-order valence-electron chi connectivity index (χ1n) is 5.59. The number of halogens is 3. The van der Waals surface area contributed by atoms with Crippen molar-refractivity contribution in [2.24, 2.45) is 5.14 Å². The summed E-state index contributed by atoms with van der Waals surface area (Å²) in [5.74, 6) is -0.197. The molecule has 0 aromatic carbocycles. The van der Waals surface area contributed by atoms with Crippen LogP contribution in [0.3, 0.4) is 0 Å². The van der Waals surface area contributed by atoms with Gasteiger partial charge in [0.25, 0.3) is 0 Å². The molecule has 2 aromatic rings. The van der Waals surface area contributed by atoms with Crippen LogP contribution in [0.2, 0.25) is 0 Å². The van der Waals surface area contributed by atoms with Crippen LogP contribution in [0.4, 0.5) is 13.2 Å². The molecule has 114 valence electrons. The molecule has 2 heterocycles. The van der Waals surface area contributed by atoms with Crippen molar-refractivity contribution in [3.05, 3.63) is 28.4 Å². The van der Waals surface area contributed by atoms with Crippen LogP contribution in [0.25, 0.3) is 11.4 Å². The normalized spacial score (nSPS) is 11.8. The SMILES string of the molecule is NS(=O)(=O)c1sccc1-c1nc(CF)c(CF)c(CF)n1. The number of aromatic nitrogens is 2. The van der Waals surface area contributed by atoms with Gasteiger partial charge in [0, 0.05) is 5.56 Å². The second kappa shape index (κ2) is 6.08. The van der Waals surface area contributed by atoms with Gasteiger partial charge in [0.1, 0.15) is 24.2 Å². The molecule has 0 saturated heterocycles. The number of thiophene rings is 1. The van der Waals surface area contributed by atoms with Gasteiger partial charge in [-0.15, -0.1) is 11.3 Å². The highest BCUT2D eigenvalue weighted by Crippen LogP contribution is 2.30. The van der Waals surface area contributed by atoms with E-state index in [1.807, 2.05) is 0 Å². The van der Waals surface area contributed by atoms with Crippen LogP contribution in [0.15, 0.2) is 15.7 Å². The number of primary sulfonamides is 1. The lowest BCUT2D eigenvalue weighted by Crippen LogP contribution is -2.12. The van der Waals surface area contributed by atoms with Gasteiger partial charge in [-0.1, -0.05) is 0 Å². The highest BCUT2D eigenvalue weighted by atomic mass is 32.2. The number of hydrogen-bond acceptors (Lipinski definition) is 5. The van der Waals surface area contributed by atoms with Gasteiger partial charge >= 0.3 is 0 Å². The van der Waals surface area contributed by atoms with Gasteiger partial charge < -0.3 is 0 Å². The van der Waals surface area contributed by atoms with Crippen LogP contribution in [0.1, 0.15) is 17.0 Å². The summed E-state index contributed by atoms with van der Waals surface area (Å²) in [6.07, 6.45) is 0. The van der Waals surface area contributed by atoms with Crippen LogP contribution >= 0.6 is 11.3 Å². The molecule has 0 bridgehead atoms. The second-order valence-electron chi connectivity index (χ2n) is 3.99. The van der Waals surface area contributed by atoms with E-state index in [0.717, 1.165) is 11.3 Å². The Morgan fingerprint density at radius 1 is 1.10 bits per heavy atom. The average Bonchev–Trinajstić information content (AvgIpc) is 2.95. The maximum Gasteiger partial charge on any atom is 0.248 e. The van der Waals surface area contributed by atoms with Crippen molar-refractivity contribution in [3.8, 4) is 11.4 Å². The molecule has 0 amide bonds. The Hall–Kier alpha value is -1.52. The Bertz CT molecular complexity index is 737. The quantitative estimate of drug-likeness (QED) is 0.907. The van der Waals surface area contributed by atoms with E-state index in [1.54, 1.807) is 0 Å². The summed E-state index contributed by atoms with van der Waals surface area (Å²) in [5, 5.41) is 6.49. The van der Waals surface area contributed by atoms with Gasteiger partial charge in [0.05, 0.1) is 17.0 Å². The van der Waals surface area contributed by atoms with Crippen molar-refractivity contribution in [2.75, 3.05) is 0 Å². The van der Waals surface area contributed by atoms with Gasteiger partial charge in [-0.3, -0.25) is 0 Å². The monoisotopic (exact) mass is 337 g/mol. The Labute approximate surface area is 122 Å². The average molecular weight is 337 g/mol. The van der Waals surface area contributed by atoms with Crippen LogP contribution in [0, 0.1) is 0 Å². The minimum Gasteiger partial charge on any atom is -0.246 e. The first-order valence-corrected chi connectivity index (χ1v) is 8.02. The topological polar surface area (TPSA) is 85.9 Å². The van der Waals surface area contributed by atoms with Crippen LogP contribution < -0.4 is 5.14 Å². The lowest BCUT2D eigenvalue weighted by molar-refractivity contribution is 0.424. The zero-order chi connectivity index (χ0) is 15.6. The maximum absolute atomic E-state index is 12.9. The largest absolute Gasteiger partial charge is 0.248 e. The molecule has 0 radical (unpaired) electrons. The van der Waals surface area contributed by atoms with Crippen molar-refractivity contribution in [1.29, 1.82) is 0 Å². The van der Waals surface area contributed by atoms with Crippen molar-refractivity contribution < 1.29 is 21.6 Å². The van der Waals surface area contributed by atoms with Gasteiger partial charge in [-0.25, -0.2) is 36.7 Å². The molecule has 5 nitrogen and oxygen atoms in total. The van der Waals surface area contributed by atoms with E-state index in [9.17, 15) is 21.6 Å². The third-order valence-electron chi connectivity index (χ3n) is 2.69.